The zero-order valence-corrected chi connectivity index (χ0v) is 23.1. The number of carbonyl (C=O) groups excluding carboxylic acids is 1. The molecule has 7 heteroatoms. The second kappa shape index (κ2) is 10.9. The van der Waals surface area contributed by atoms with Crippen molar-refractivity contribution in [3.8, 4) is 23.1 Å². The summed E-state index contributed by atoms with van der Waals surface area (Å²) in [6, 6.07) is 15.7. The van der Waals surface area contributed by atoms with Crippen molar-refractivity contribution in [1.82, 2.24) is 30.4 Å². The van der Waals surface area contributed by atoms with Gasteiger partial charge in [-0.1, -0.05) is 24.5 Å². The molecule has 3 aromatic heterocycles. The standard InChI is InChI=1S/C33H32N6O/c1-21-29(23-5-4-6-23)31-26(13-14-28-30(31)27(37-38-28)12-7-22-15-17-34-18-16-22)36-32(21)24-8-10-25(11-9-24)33(40)35-19-20-39(2)3/h8-11,13-18,23H,4-6,19-20H2,1-3H3,(H,35,40)(H,37,38). The normalized spacial score (nSPS) is 13.3. The van der Waals surface area contributed by atoms with Gasteiger partial charge < -0.3 is 10.2 Å². The fourth-order valence-electron chi connectivity index (χ4n) is 5.41. The number of hydrogen-bond acceptors (Lipinski definition) is 5. The van der Waals surface area contributed by atoms with E-state index in [9.17, 15) is 4.79 Å². The zero-order valence-electron chi connectivity index (χ0n) is 23.1. The summed E-state index contributed by atoms with van der Waals surface area (Å²) >= 11 is 0. The van der Waals surface area contributed by atoms with Crippen LogP contribution in [0.4, 0.5) is 0 Å². The van der Waals surface area contributed by atoms with E-state index in [0.717, 1.165) is 63.7 Å². The molecule has 2 N–H and O–H groups in total. The van der Waals surface area contributed by atoms with Crippen molar-refractivity contribution >= 4 is 27.7 Å². The summed E-state index contributed by atoms with van der Waals surface area (Å²) in [5.74, 6) is 6.98. The van der Waals surface area contributed by atoms with Crippen LogP contribution in [0.25, 0.3) is 33.1 Å². The number of nitrogens with one attached hydrogen (secondary N) is 2. The van der Waals surface area contributed by atoms with E-state index in [0.29, 0.717) is 18.0 Å². The molecule has 1 aliphatic carbocycles. The monoisotopic (exact) mass is 528 g/mol. The van der Waals surface area contributed by atoms with E-state index >= 15 is 0 Å². The molecule has 1 aliphatic rings. The Morgan fingerprint density at radius 1 is 1.00 bits per heavy atom. The Morgan fingerprint density at radius 3 is 2.45 bits per heavy atom. The molecular formula is C33H32N6O. The molecule has 0 saturated heterocycles. The minimum absolute atomic E-state index is 0.0606. The van der Waals surface area contributed by atoms with Gasteiger partial charge in [-0.2, -0.15) is 5.10 Å². The lowest BCUT2D eigenvalue weighted by atomic mass is 9.76. The van der Waals surface area contributed by atoms with E-state index in [4.69, 9.17) is 4.98 Å². The third kappa shape index (κ3) is 4.94. The smallest absolute Gasteiger partial charge is 0.251 e. The van der Waals surface area contributed by atoms with Crippen molar-refractivity contribution in [3.63, 3.8) is 0 Å². The Bertz CT molecular complexity index is 1760. The number of aromatic amines is 1. The maximum Gasteiger partial charge on any atom is 0.251 e. The van der Waals surface area contributed by atoms with Crippen LogP contribution in [0, 0.1) is 18.8 Å². The van der Waals surface area contributed by atoms with Crippen LogP contribution in [0.3, 0.4) is 0 Å². The summed E-state index contributed by atoms with van der Waals surface area (Å²) in [4.78, 5) is 23.9. The van der Waals surface area contributed by atoms with Crippen LogP contribution >= 0.6 is 0 Å². The maximum absolute atomic E-state index is 12.6. The van der Waals surface area contributed by atoms with Gasteiger partial charge in [-0.05, 0) is 93.2 Å². The summed E-state index contributed by atoms with van der Waals surface area (Å²) in [6.07, 6.45) is 7.06. The highest BCUT2D eigenvalue weighted by molar-refractivity contribution is 6.10. The highest BCUT2D eigenvalue weighted by Gasteiger charge is 2.27. The lowest BCUT2D eigenvalue weighted by Crippen LogP contribution is -2.31. The van der Waals surface area contributed by atoms with Crippen LogP contribution in [0.1, 0.15) is 57.9 Å². The van der Waals surface area contributed by atoms with Crippen molar-refractivity contribution in [2.75, 3.05) is 27.2 Å². The average molecular weight is 529 g/mol. The van der Waals surface area contributed by atoms with Crippen LogP contribution < -0.4 is 5.32 Å². The first-order chi connectivity index (χ1) is 19.5. The van der Waals surface area contributed by atoms with Crippen LogP contribution in [-0.2, 0) is 0 Å². The number of benzene rings is 2. The predicted molar refractivity (Wildman–Crippen MR) is 159 cm³/mol. The zero-order chi connectivity index (χ0) is 27.6. The molecule has 200 valence electrons. The van der Waals surface area contributed by atoms with Gasteiger partial charge in [0.05, 0.1) is 16.7 Å². The molecule has 40 heavy (non-hydrogen) atoms. The van der Waals surface area contributed by atoms with E-state index in [1.165, 1.54) is 17.5 Å². The number of carbonyl (C=O) groups is 1. The van der Waals surface area contributed by atoms with Crippen molar-refractivity contribution < 1.29 is 4.79 Å². The van der Waals surface area contributed by atoms with Gasteiger partial charge in [-0.3, -0.25) is 14.9 Å². The molecule has 0 unspecified atom stereocenters. The first-order valence-electron chi connectivity index (χ1n) is 13.8. The second-order valence-corrected chi connectivity index (χ2v) is 10.7. The SMILES string of the molecule is Cc1c(-c2ccc(C(=O)NCCN(C)C)cc2)nc2ccc3n[nH]c(C#Cc4ccncc4)c3c2c1C1CCC1. The van der Waals surface area contributed by atoms with Gasteiger partial charge in [0.25, 0.3) is 5.91 Å². The number of amides is 1. The molecule has 3 heterocycles. The van der Waals surface area contributed by atoms with Crippen molar-refractivity contribution in [2.24, 2.45) is 0 Å². The van der Waals surface area contributed by atoms with Gasteiger partial charge in [0.15, 0.2) is 0 Å². The summed E-state index contributed by atoms with van der Waals surface area (Å²) in [6.45, 7) is 3.59. The molecule has 7 nitrogen and oxygen atoms in total. The first-order valence-corrected chi connectivity index (χ1v) is 13.8. The molecule has 1 fully saturated rings. The Labute approximate surface area is 234 Å². The van der Waals surface area contributed by atoms with Crippen LogP contribution in [-0.4, -0.2) is 58.2 Å². The third-order valence-corrected chi connectivity index (χ3v) is 7.75. The second-order valence-electron chi connectivity index (χ2n) is 10.7. The van der Waals surface area contributed by atoms with E-state index < -0.39 is 0 Å². The summed E-state index contributed by atoms with van der Waals surface area (Å²) in [7, 11) is 3.98. The molecular weight excluding hydrogens is 496 g/mol. The summed E-state index contributed by atoms with van der Waals surface area (Å²) in [5.41, 5.74) is 8.69. The molecule has 0 spiro atoms. The van der Waals surface area contributed by atoms with Gasteiger partial charge in [-0.25, -0.2) is 4.98 Å². The first kappa shape index (κ1) is 25.7. The third-order valence-electron chi connectivity index (χ3n) is 7.75. The predicted octanol–water partition coefficient (Wildman–Crippen LogP) is 5.44. The van der Waals surface area contributed by atoms with Crippen LogP contribution in [0.15, 0.2) is 60.9 Å². The topological polar surface area (TPSA) is 86.8 Å². The van der Waals surface area contributed by atoms with Crippen molar-refractivity contribution in [1.29, 1.82) is 0 Å². The van der Waals surface area contributed by atoms with Gasteiger partial charge in [0, 0.05) is 52.9 Å². The molecule has 0 radical (unpaired) electrons. The summed E-state index contributed by atoms with van der Waals surface area (Å²) < 4.78 is 0. The van der Waals surface area contributed by atoms with Gasteiger partial charge >= 0.3 is 0 Å². The minimum Gasteiger partial charge on any atom is -0.351 e. The number of hydrogen-bond donors (Lipinski definition) is 2. The number of fused-ring (bicyclic) bond motifs is 3. The van der Waals surface area contributed by atoms with E-state index in [1.807, 2.05) is 61.5 Å². The molecule has 2 aromatic carbocycles. The average Bonchev–Trinajstić information content (AvgIpc) is 3.36. The number of rotatable bonds is 6. The fraction of sp³-hybridized carbons (Fsp3) is 0.273. The Morgan fingerprint density at radius 2 is 1.75 bits per heavy atom. The van der Waals surface area contributed by atoms with E-state index in [-0.39, 0.29) is 5.91 Å². The molecule has 6 rings (SSSR count). The molecule has 0 atom stereocenters. The molecule has 0 aliphatic heterocycles. The lowest BCUT2D eigenvalue weighted by Gasteiger charge is -2.30. The largest absolute Gasteiger partial charge is 0.351 e. The van der Waals surface area contributed by atoms with Crippen LogP contribution in [0.5, 0.6) is 0 Å². The molecule has 0 bridgehead atoms. The molecule has 1 amide bonds. The molecule has 1 saturated carbocycles. The highest BCUT2D eigenvalue weighted by atomic mass is 16.1. The Kier molecular flexibility index (Phi) is 7.02. The van der Waals surface area contributed by atoms with Gasteiger partial charge in [0.2, 0.25) is 0 Å². The Hall–Kier alpha value is -4.54. The number of likely N-dealkylation sites (N-methyl/N-ethyl adjacent to an activating group) is 1. The van der Waals surface area contributed by atoms with Crippen molar-refractivity contribution in [2.45, 2.75) is 32.1 Å². The van der Waals surface area contributed by atoms with Gasteiger partial charge in [0.1, 0.15) is 5.69 Å². The maximum atomic E-state index is 12.6. The lowest BCUT2D eigenvalue weighted by molar-refractivity contribution is 0.0951. The Balaban J connectivity index is 1.43. The van der Waals surface area contributed by atoms with Crippen molar-refractivity contribution in [3.05, 3.63) is 88.9 Å². The molecule has 5 aromatic rings. The number of pyridine rings is 2. The number of H-pyrrole nitrogens is 1. The van der Waals surface area contributed by atoms with E-state index in [1.54, 1.807) is 12.4 Å². The quantitative estimate of drug-likeness (QED) is 0.287. The highest BCUT2D eigenvalue weighted by Crippen LogP contribution is 2.45. The number of aromatic nitrogens is 4. The fourth-order valence-corrected chi connectivity index (χ4v) is 5.41. The van der Waals surface area contributed by atoms with Gasteiger partial charge in [-0.15, -0.1) is 0 Å². The van der Waals surface area contributed by atoms with Crippen LogP contribution in [0.2, 0.25) is 0 Å². The minimum atomic E-state index is -0.0606. The number of nitrogens with zero attached hydrogens (tertiary/aromatic N) is 4. The summed E-state index contributed by atoms with van der Waals surface area (Å²) in [5, 5.41) is 12.9. The van der Waals surface area contributed by atoms with E-state index in [2.05, 4.69) is 45.3 Å².